The highest BCUT2D eigenvalue weighted by atomic mass is 14.8. The molecule has 0 heterocycles. The first-order valence-corrected chi connectivity index (χ1v) is 37.0. The minimum atomic E-state index is 1.14. The SMILES string of the molecule is C1C2CC3C1C23.C1C2CC3CC1CC(C2)C3.C1C2CC3CC1CC3C2.C1CC2CCC(C1)CC2.C1CC2CCC1C2.C1CC2CCC1CC2.C1CC2CCCC(C1)C2.C1CCC2CC(C1)C2.C1CCC2CCC(C1)C2. The Morgan fingerprint density at radius 3 is 0.573 bits per heavy atom. The van der Waals surface area contributed by atoms with Crippen LogP contribution in [-0.2, 0) is 0 Å². The van der Waals surface area contributed by atoms with Crippen molar-refractivity contribution in [2.45, 2.75) is 327 Å². The second kappa shape index (κ2) is 26.1. The van der Waals surface area contributed by atoms with Crippen LogP contribution in [0.2, 0.25) is 0 Å². The van der Waals surface area contributed by atoms with Gasteiger partial charge in [0.1, 0.15) is 0 Å². The third-order valence-electron chi connectivity index (χ3n) is 28.8. The monoisotopic (exact) mass is 1030 g/mol. The molecular formula is C75H126. The van der Waals surface area contributed by atoms with E-state index < -0.39 is 0 Å². The Kier molecular flexibility index (Phi) is 18.9. The predicted octanol–water partition coefficient (Wildman–Crippen LogP) is 22.8. The lowest BCUT2D eigenvalue weighted by molar-refractivity contribution is 0.0198. The van der Waals surface area contributed by atoms with Crippen molar-refractivity contribution in [3.63, 3.8) is 0 Å². The van der Waals surface area contributed by atoms with Crippen molar-refractivity contribution in [3.8, 4) is 0 Å². The van der Waals surface area contributed by atoms with Crippen LogP contribution in [0.25, 0.3) is 0 Å². The Morgan fingerprint density at radius 2 is 0.320 bits per heavy atom. The summed E-state index contributed by atoms with van der Waals surface area (Å²) in [5, 5.41) is 0. The van der Waals surface area contributed by atoms with Gasteiger partial charge in [-0.15, -0.1) is 0 Å². The van der Waals surface area contributed by atoms with E-state index in [1.165, 1.54) is 140 Å². The summed E-state index contributed by atoms with van der Waals surface area (Å²) in [7, 11) is 0. The Morgan fingerprint density at radius 1 is 0.120 bits per heavy atom. The molecule has 0 spiro atoms. The highest BCUT2D eigenvalue weighted by Gasteiger charge is 2.71. The van der Waals surface area contributed by atoms with Crippen LogP contribution in [0.15, 0.2) is 0 Å². The first kappa shape index (κ1) is 54.3. The van der Waals surface area contributed by atoms with Crippen LogP contribution in [0.5, 0.6) is 0 Å². The molecule has 75 heavy (non-hydrogen) atoms. The van der Waals surface area contributed by atoms with Gasteiger partial charge in [-0.2, -0.15) is 0 Å². The first-order valence-electron chi connectivity index (χ1n) is 37.0. The van der Waals surface area contributed by atoms with Crippen LogP contribution in [0.4, 0.5) is 0 Å². The molecule has 0 aromatic heterocycles. The van der Waals surface area contributed by atoms with Crippen LogP contribution in [0, 0.1) is 142 Å². The molecule has 0 radical (unpaired) electrons. The predicted molar refractivity (Wildman–Crippen MR) is 319 cm³/mol. The fourth-order valence-corrected chi connectivity index (χ4v) is 24.6. The van der Waals surface area contributed by atoms with Gasteiger partial charge in [0.2, 0.25) is 0 Å². The maximum atomic E-state index is 1.62. The second-order valence-electron chi connectivity index (χ2n) is 34.0. The van der Waals surface area contributed by atoms with E-state index in [-0.39, 0.29) is 0 Å². The average molecular weight is 1030 g/mol. The van der Waals surface area contributed by atoms with E-state index in [2.05, 4.69) is 0 Å². The van der Waals surface area contributed by atoms with E-state index in [0.717, 1.165) is 47.3 Å². The Bertz CT molecular complexity index is 1450. The van der Waals surface area contributed by atoms with Crippen LogP contribution in [-0.4, -0.2) is 0 Å². The third-order valence-corrected chi connectivity index (χ3v) is 28.8. The van der Waals surface area contributed by atoms with Gasteiger partial charge >= 0.3 is 0 Å². The summed E-state index contributed by atoms with van der Waals surface area (Å²) < 4.78 is 0. The third kappa shape index (κ3) is 14.6. The normalized spacial score (nSPS) is 50.9. The minimum Gasteiger partial charge on any atom is -0.0530 e. The van der Waals surface area contributed by atoms with E-state index in [1.807, 2.05) is 0 Å². The standard InChI is InChI=1S/C10H16.C9H14.3C9H16.2C8H14.C7H12.C6H8/c1-7-2-9-4-8(1)5-10(3-7)6-9;1-6-2-8-4-7(1)5-9(8)3-6;1-3-8-5-2-6-9(4-1)7-8;1-2-8-4-6-9(3-1)7-5-8;1-2-4-9-6-5-8(3-1)7-9;1-2-8-5-3-7(1)4-6-8;1-2-4-8-5-7(3-1)6-8;1-2-7-4-3-6(1)5-7;1-3-2-5-4(1)6(3)5/h7-10H,1-6H2;6-9H,1-5H2;3*8-9H,1-7H2;2*7-8H,1-6H2;6-7H,1-5H2;3-6H,1-2H2. The van der Waals surface area contributed by atoms with Crippen LogP contribution in [0.1, 0.15) is 327 Å². The van der Waals surface area contributed by atoms with Crippen molar-refractivity contribution in [3.05, 3.63) is 0 Å². The molecule has 426 valence electrons. The first-order chi connectivity index (χ1) is 37.0. The van der Waals surface area contributed by atoms with Crippen molar-refractivity contribution in [2.75, 3.05) is 0 Å². The number of hydrogen-bond donors (Lipinski definition) is 0. The lowest BCUT2D eigenvalue weighted by Gasteiger charge is -2.49. The fourth-order valence-electron chi connectivity index (χ4n) is 24.6. The summed E-state index contributed by atoms with van der Waals surface area (Å²) in [5.74, 6) is 28.5. The van der Waals surface area contributed by atoms with Crippen molar-refractivity contribution >= 4 is 0 Å². The second-order valence-corrected chi connectivity index (χ2v) is 34.0. The molecule has 4 atom stereocenters. The van der Waals surface area contributed by atoms with E-state index in [9.17, 15) is 0 Å². The molecule has 0 aliphatic heterocycles. The maximum absolute atomic E-state index is 1.62. The lowest BCUT2D eigenvalue weighted by atomic mass is 9.56. The van der Waals surface area contributed by atoms with Gasteiger partial charge in [0.05, 0.1) is 0 Å². The van der Waals surface area contributed by atoms with Crippen LogP contribution in [0.3, 0.4) is 0 Å². The summed E-state index contributed by atoms with van der Waals surface area (Å²) >= 11 is 0. The molecule has 26 fully saturated rings. The summed E-state index contributed by atoms with van der Waals surface area (Å²) in [6.07, 6.45) is 80.0. The Balaban J connectivity index is 0.0000000813. The van der Waals surface area contributed by atoms with Gasteiger partial charge in [0, 0.05) is 0 Å². The minimum absolute atomic E-state index is 1.14. The summed E-state index contributed by atoms with van der Waals surface area (Å²) in [4.78, 5) is 0. The average Bonchev–Trinajstić information content (AvgIpc) is 4.15. The molecule has 4 unspecified atom stereocenters. The van der Waals surface area contributed by atoms with E-state index in [4.69, 9.17) is 0 Å². The van der Waals surface area contributed by atoms with Crippen LogP contribution < -0.4 is 0 Å². The van der Waals surface area contributed by atoms with E-state index in [1.54, 1.807) is 283 Å². The van der Waals surface area contributed by atoms with Gasteiger partial charge in [-0.3, -0.25) is 0 Å². The molecule has 26 aliphatic rings. The highest BCUT2D eigenvalue weighted by molar-refractivity contribution is 5.19. The Hall–Kier alpha value is 0. The molecule has 0 saturated heterocycles. The fraction of sp³-hybridized carbons (Fsp3) is 1.00. The Labute approximate surface area is 467 Å². The summed E-state index contributed by atoms with van der Waals surface area (Å²) in [6, 6.07) is 0. The van der Waals surface area contributed by atoms with Crippen molar-refractivity contribution in [2.24, 2.45) is 142 Å². The molecule has 26 aliphatic carbocycles. The highest BCUT2D eigenvalue weighted by Crippen LogP contribution is 2.77. The van der Waals surface area contributed by atoms with Gasteiger partial charge in [-0.25, -0.2) is 0 Å². The van der Waals surface area contributed by atoms with Crippen molar-refractivity contribution in [1.82, 2.24) is 0 Å². The van der Waals surface area contributed by atoms with E-state index in [0.29, 0.717) is 0 Å². The number of fused-ring (bicyclic) bond motifs is 17. The molecule has 0 N–H and O–H groups in total. The van der Waals surface area contributed by atoms with Gasteiger partial charge < -0.3 is 0 Å². The molecule has 0 nitrogen and oxygen atoms in total. The number of rotatable bonds is 0. The van der Waals surface area contributed by atoms with Gasteiger partial charge in [0.15, 0.2) is 0 Å². The number of hydrogen-bond acceptors (Lipinski definition) is 0. The zero-order valence-electron chi connectivity index (χ0n) is 49.9. The van der Waals surface area contributed by atoms with Gasteiger partial charge in [-0.1, -0.05) is 212 Å². The zero-order chi connectivity index (χ0) is 49.9. The molecule has 0 amide bonds. The molecule has 26 saturated carbocycles. The molecule has 26 rings (SSSR count). The van der Waals surface area contributed by atoms with Gasteiger partial charge in [-0.05, 0) is 258 Å². The van der Waals surface area contributed by atoms with Gasteiger partial charge in [0.25, 0.3) is 0 Å². The summed E-state index contributed by atoms with van der Waals surface area (Å²) in [6.45, 7) is 0. The molecule has 0 heteroatoms. The molecule has 20 bridgehead atoms. The lowest BCUT2D eigenvalue weighted by Crippen LogP contribution is -2.38. The topological polar surface area (TPSA) is 0 Å². The summed E-state index contributed by atoms with van der Waals surface area (Å²) in [5.41, 5.74) is 0. The van der Waals surface area contributed by atoms with E-state index >= 15 is 0 Å². The van der Waals surface area contributed by atoms with Crippen molar-refractivity contribution < 1.29 is 0 Å². The smallest absolute Gasteiger partial charge is 0.0323 e. The molecule has 0 aromatic rings. The maximum Gasteiger partial charge on any atom is -0.0323 e. The quantitative estimate of drug-likeness (QED) is 0.227. The molecular weight excluding hydrogens is 901 g/mol. The largest absolute Gasteiger partial charge is 0.0530 e. The van der Waals surface area contributed by atoms with Crippen LogP contribution >= 0.6 is 0 Å². The van der Waals surface area contributed by atoms with Crippen molar-refractivity contribution in [1.29, 1.82) is 0 Å². The molecule has 0 aromatic carbocycles. The zero-order valence-corrected chi connectivity index (χ0v) is 49.9.